The number of phenols is 2. The van der Waals surface area contributed by atoms with Crippen molar-refractivity contribution < 1.29 is 10.2 Å². The van der Waals surface area contributed by atoms with E-state index in [0.29, 0.717) is 10.6 Å². The molecule has 2 unspecified atom stereocenters. The maximum Gasteiger partial charge on any atom is 0.141 e. The summed E-state index contributed by atoms with van der Waals surface area (Å²) < 4.78 is 0.779. The van der Waals surface area contributed by atoms with Gasteiger partial charge in [-0.25, -0.2) is 0 Å². The van der Waals surface area contributed by atoms with E-state index in [1.54, 1.807) is 6.07 Å². The largest absolute Gasteiger partial charge is 0.508 e. The standard InChI is InChI=1S/C27H23NO2S2/c1-14-8-9-18-16(12-14)24-22-21(23-15-6-2-3-7-17(15)27(18,23)24)19(29)13-20(25(22)30)32-26(31)28-10-4-5-11-28/h2-3,6-9,12-13,23-24,29-30H,4-5,10-11H2,1H3/t23-,24?,27?/m0/s1. The van der Waals surface area contributed by atoms with Crippen LogP contribution in [0.15, 0.2) is 53.4 Å². The average molecular weight is 458 g/mol. The van der Waals surface area contributed by atoms with Crippen molar-refractivity contribution in [2.75, 3.05) is 13.1 Å². The molecule has 0 amide bonds. The predicted octanol–water partition coefficient (Wildman–Crippen LogP) is 5.77. The van der Waals surface area contributed by atoms with Gasteiger partial charge in [0.05, 0.1) is 4.90 Å². The van der Waals surface area contributed by atoms with Crippen LogP contribution in [0.3, 0.4) is 0 Å². The third-order valence-corrected chi connectivity index (χ3v) is 9.53. The van der Waals surface area contributed by atoms with Gasteiger partial charge in [0.25, 0.3) is 0 Å². The summed E-state index contributed by atoms with van der Waals surface area (Å²) in [4.78, 5) is 2.87. The third kappa shape index (κ3) is 2.07. The Bertz CT molecular complexity index is 1340. The number of benzene rings is 3. The summed E-state index contributed by atoms with van der Waals surface area (Å²) >= 11 is 7.09. The van der Waals surface area contributed by atoms with Gasteiger partial charge in [-0.2, -0.15) is 0 Å². The van der Waals surface area contributed by atoms with Crippen molar-refractivity contribution in [2.45, 2.75) is 41.9 Å². The van der Waals surface area contributed by atoms with E-state index in [9.17, 15) is 10.2 Å². The van der Waals surface area contributed by atoms with Gasteiger partial charge in [-0.15, -0.1) is 0 Å². The molecule has 3 aromatic carbocycles. The molecule has 1 saturated heterocycles. The van der Waals surface area contributed by atoms with E-state index >= 15 is 0 Å². The van der Waals surface area contributed by atoms with E-state index in [1.165, 1.54) is 39.6 Å². The van der Waals surface area contributed by atoms with Crippen LogP contribution in [0.2, 0.25) is 0 Å². The number of aryl methyl sites for hydroxylation is 1. The Kier molecular flexibility index (Phi) is 3.74. The molecule has 0 aromatic heterocycles. The van der Waals surface area contributed by atoms with Gasteiger partial charge in [-0.3, -0.25) is 0 Å². The van der Waals surface area contributed by atoms with Gasteiger partial charge in [0, 0.05) is 41.5 Å². The van der Waals surface area contributed by atoms with E-state index in [1.807, 2.05) is 0 Å². The second-order valence-corrected chi connectivity index (χ2v) is 11.2. The first kappa shape index (κ1) is 19.0. The Balaban J connectivity index is 1.42. The molecule has 3 nitrogen and oxygen atoms in total. The second kappa shape index (κ2) is 6.30. The normalized spacial score (nSPS) is 25.7. The molecule has 1 heterocycles. The van der Waals surface area contributed by atoms with Gasteiger partial charge < -0.3 is 15.1 Å². The molecule has 2 N–H and O–H groups in total. The minimum Gasteiger partial charge on any atom is -0.508 e. The molecule has 3 aliphatic carbocycles. The molecule has 0 saturated carbocycles. The van der Waals surface area contributed by atoms with Crippen molar-refractivity contribution in [1.29, 1.82) is 0 Å². The lowest BCUT2D eigenvalue weighted by molar-refractivity contribution is 0.325. The lowest BCUT2D eigenvalue weighted by atomic mass is 9.43. The highest BCUT2D eigenvalue weighted by Gasteiger charge is 2.70. The van der Waals surface area contributed by atoms with E-state index in [-0.39, 0.29) is 23.0 Å². The SMILES string of the molecule is Cc1ccc2c(c1)C1c3c(O)c(SC(=S)N4CCCC4)cc(O)c3[C@@H]3c4ccccc4C213. The van der Waals surface area contributed by atoms with Crippen LogP contribution in [-0.4, -0.2) is 32.5 Å². The molecule has 3 aromatic rings. The summed E-state index contributed by atoms with van der Waals surface area (Å²) in [6.07, 6.45) is 2.31. The zero-order valence-electron chi connectivity index (χ0n) is 17.8. The lowest BCUT2D eigenvalue weighted by Crippen LogP contribution is -2.52. The monoisotopic (exact) mass is 457 g/mol. The molecule has 5 heteroatoms. The Morgan fingerprint density at radius 1 is 0.969 bits per heavy atom. The summed E-state index contributed by atoms with van der Waals surface area (Å²) in [5, 5.41) is 22.8. The van der Waals surface area contributed by atoms with Crippen molar-refractivity contribution in [2.24, 2.45) is 0 Å². The average Bonchev–Trinajstić information content (AvgIpc) is 3.37. The highest BCUT2D eigenvalue weighted by Crippen LogP contribution is 2.79. The van der Waals surface area contributed by atoms with Gasteiger partial charge in [0.2, 0.25) is 0 Å². The molecule has 0 radical (unpaired) electrons. The molecular formula is C27H23NO2S2. The number of nitrogens with zero attached hydrogens (tertiary/aromatic N) is 1. The van der Waals surface area contributed by atoms with E-state index in [2.05, 4.69) is 54.3 Å². The first-order valence-corrected chi connectivity index (χ1v) is 12.5. The van der Waals surface area contributed by atoms with Crippen LogP contribution < -0.4 is 0 Å². The van der Waals surface area contributed by atoms with Gasteiger partial charge in [-0.1, -0.05) is 72.0 Å². The van der Waals surface area contributed by atoms with E-state index < -0.39 is 0 Å². The Morgan fingerprint density at radius 2 is 1.69 bits per heavy atom. The quantitative estimate of drug-likeness (QED) is 0.276. The fourth-order valence-electron chi connectivity index (χ4n) is 6.86. The van der Waals surface area contributed by atoms with E-state index in [4.69, 9.17) is 12.2 Å². The molecule has 160 valence electrons. The highest BCUT2D eigenvalue weighted by molar-refractivity contribution is 8.23. The number of rotatable bonds is 1. The fraction of sp³-hybridized carbons (Fsp3) is 0.296. The second-order valence-electron chi connectivity index (χ2n) is 9.54. The summed E-state index contributed by atoms with van der Waals surface area (Å²) in [5.74, 6) is 0.727. The number of aromatic hydroxyl groups is 2. The van der Waals surface area contributed by atoms with Crippen molar-refractivity contribution in [3.63, 3.8) is 0 Å². The molecule has 4 aliphatic rings. The third-order valence-electron chi connectivity index (χ3n) is 8.05. The van der Waals surface area contributed by atoms with Gasteiger partial charge >= 0.3 is 0 Å². The first-order valence-electron chi connectivity index (χ1n) is 11.3. The number of thioether (sulfide) groups is 1. The number of hydrogen-bond donors (Lipinski definition) is 2. The van der Waals surface area contributed by atoms with Crippen LogP contribution >= 0.6 is 24.0 Å². The minimum absolute atomic E-state index is 0.0686. The van der Waals surface area contributed by atoms with Crippen LogP contribution in [0.1, 0.15) is 63.6 Å². The Morgan fingerprint density at radius 3 is 2.50 bits per heavy atom. The number of hydrogen-bond acceptors (Lipinski definition) is 4. The zero-order valence-corrected chi connectivity index (χ0v) is 19.4. The van der Waals surface area contributed by atoms with Crippen molar-refractivity contribution in [3.8, 4) is 11.5 Å². The maximum absolute atomic E-state index is 11.6. The summed E-state index contributed by atoms with van der Waals surface area (Å²) in [5.41, 5.74) is 8.08. The molecule has 7 rings (SSSR count). The summed E-state index contributed by atoms with van der Waals surface area (Å²) in [6, 6.07) is 17.0. The summed E-state index contributed by atoms with van der Waals surface area (Å²) in [7, 11) is 0. The molecule has 1 fully saturated rings. The number of likely N-dealkylation sites (tertiary alicyclic amines) is 1. The van der Waals surface area contributed by atoms with E-state index in [0.717, 1.165) is 41.4 Å². The molecule has 0 bridgehead atoms. The molecule has 32 heavy (non-hydrogen) atoms. The smallest absolute Gasteiger partial charge is 0.141 e. The lowest BCUT2D eigenvalue weighted by Gasteiger charge is -2.58. The fourth-order valence-corrected chi connectivity index (χ4v) is 8.19. The van der Waals surface area contributed by atoms with Crippen LogP contribution in [0.25, 0.3) is 0 Å². The van der Waals surface area contributed by atoms with Crippen LogP contribution in [0, 0.1) is 6.92 Å². The Labute approximate surface area is 197 Å². The topological polar surface area (TPSA) is 43.7 Å². The zero-order chi connectivity index (χ0) is 21.8. The van der Waals surface area contributed by atoms with Crippen molar-refractivity contribution >= 4 is 28.3 Å². The number of phenolic OH excluding ortho intramolecular Hbond substituents is 2. The summed E-state index contributed by atoms with van der Waals surface area (Å²) in [6.45, 7) is 4.06. The molecular weight excluding hydrogens is 434 g/mol. The highest BCUT2D eigenvalue weighted by atomic mass is 32.2. The number of fused-ring (bicyclic) bond motifs is 7. The first-order chi connectivity index (χ1) is 15.5. The van der Waals surface area contributed by atoms with Gasteiger partial charge in [-0.05, 0) is 48.1 Å². The van der Waals surface area contributed by atoms with Crippen LogP contribution in [0.4, 0.5) is 0 Å². The van der Waals surface area contributed by atoms with Gasteiger partial charge in [0.1, 0.15) is 15.8 Å². The molecule has 1 aliphatic heterocycles. The van der Waals surface area contributed by atoms with Crippen molar-refractivity contribution in [3.05, 3.63) is 87.5 Å². The molecule has 3 atom stereocenters. The van der Waals surface area contributed by atoms with Crippen LogP contribution in [0.5, 0.6) is 11.5 Å². The number of thiocarbonyl (C=S) groups is 1. The van der Waals surface area contributed by atoms with Crippen molar-refractivity contribution in [1.82, 2.24) is 4.90 Å². The minimum atomic E-state index is -0.171. The predicted molar refractivity (Wildman–Crippen MR) is 131 cm³/mol. The maximum atomic E-state index is 11.6. The Hall–Kier alpha value is -2.50. The molecule has 1 spiro atoms. The van der Waals surface area contributed by atoms with Crippen LogP contribution in [-0.2, 0) is 5.41 Å². The van der Waals surface area contributed by atoms with Gasteiger partial charge in [0.15, 0.2) is 0 Å².